The van der Waals surface area contributed by atoms with Gasteiger partial charge in [-0.3, -0.25) is 9.59 Å². The number of piperidine rings is 1. The molecule has 1 fully saturated rings. The highest BCUT2D eigenvalue weighted by molar-refractivity contribution is 5.88. The van der Waals surface area contributed by atoms with Crippen molar-refractivity contribution in [2.75, 3.05) is 39.5 Å². The van der Waals surface area contributed by atoms with Crippen LogP contribution in [0.4, 0.5) is 4.39 Å². The lowest BCUT2D eigenvalue weighted by atomic mass is 9.97. The summed E-state index contributed by atoms with van der Waals surface area (Å²) in [5, 5.41) is 2.85. The first-order valence-electron chi connectivity index (χ1n) is 10.1. The van der Waals surface area contributed by atoms with Crippen molar-refractivity contribution in [3.05, 3.63) is 42.2 Å². The van der Waals surface area contributed by atoms with Gasteiger partial charge in [-0.2, -0.15) is 0 Å². The van der Waals surface area contributed by atoms with E-state index >= 15 is 0 Å². The molecule has 1 aliphatic rings. The summed E-state index contributed by atoms with van der Waals surface area (Å²) in [6.07, 6.45) is 2.86. The molecule has 1 heterocycles. The van der Waals surface area contributed by atoms with Crippen LogP contribution in [0.2, 0.25) is 0 Å². The summed E-state index contributed by atoms with van der Waals surface area (Å²) >= 11 is 0. The number of carbonyl (C=O) groups excluding carboxylic acids is 2. The predicted molar refractivity (Wildman–Crippen MR) is 111 cm³/mol. The van der Waals surface area contributed by atoms with Crippen molar-refractivity contribution in [2.45, 2.75) is 32.6 Å². The summed E-state index contributed by atoms with van der Waals surface area (Å²) in [5.41, 5.74) is 0.954. The number of benzene rings is 1. The molecule has 6 nitrogen and oxygen atoms in total. The lowest BCUT2D eigenvalue weighted by molar-refractivity contribution is -0.132. The fourth-order valence-electron chi connectivity index (χ4n) is 3.33. The molecule has 162 valence electrons. The summed E-state index contributed by atoms with van der Waals surface area (Å²) in [5.74, 6) is 0.0482. The van der Waals surface area contributed by atoms with E-state index in [9.17, 15) is 14.0 Å². The Bertz CT molecular complexity index is 714. The van der Waals surface area contributed by atoms with Crippen LogP contribution in [-0.2, 0) is 14.3 Å². The second-order valence-corrected chi connectivity index (χ2v) is 7.42. The largest absolute Gasteiger partial charge is 0.491 e. The maximum absolute atomic E-state index is 13.4. The Balaban J connectivity index is 0.00000450. The number of nitrogens with one attached hydrogen (secondary N) is 1. The first kappa shape index (κ1) is 22.9. The van der Waals surface area contributed by atoms with Gasteiger partial charge >= 0.3 is 0 Å². The second kappa shape index (κ2) is 11.6. The molecule has 7 heteroatoms. The van der Waals surface area contributed by atoms with Crippen molar-refractivity contribution in [1.29, 1.82) is 0 Å². The van der Waals surface area contributed by atoms with Crippen LogP contribution in [-0.4, -0.2) is 56.2 Å². The van der Waals surface area contributed by atoms with Crippen LogP contribution in [0.15, 0.2) is 30.9 Å². The SMILES string of the molecule is C=CC(=O)N1CCCC(C(=O)NCCOCCOc2cc(F)ccc2C(C)C)C1.[HH]. The number of ether oxygens (including phenoxy) is 2. The number of likely N-dealkylation sites (tertiary alicyclic amines) is 1. The molecule has 0 aliphatic carbocycles. The van der Waals surface area contributed by atoms with Crippen molar-refractivity contribution in [3.8, 4) is 5.75 Å². The van der Waals surface area contributed by atoms with E-state index < -0.39 is 0 Å². The molecule has 1 N–H and O–H groups in total. The van der Waals surface area contributed by atoms with Gasteiger partial charge in [0.2, 0.25) is 11.8 Å². The first-order chi connectivity index (χ1) is 13.9. The summed E-state index contributed by atoms with van der Waals surface area (Å²) in [4.78, 5) is 25.6. The van der Waals surface area contributed by atoms with E-state index in [1.165, 1.54) is 18.2 Å². The normalized spacial score (nSPS) is 16.6. The molecule has 2 amide bonds. The highest BCUT2D eigenvalue weighted by Crippen LogP contribution is 2.27. The lowest BCUT2D eigenvalue weighted by Crippen LogP contribution is -2.45. The van der Waals surface area contributed by atoms with Gasteiger partial charge in [-0.05, 0) is 36.5 Å². The molecule has 0 spiro atoms. The minimum Gasteiger partial charge on any atom is -0.491 e. The van der Waals surface area contributed by atoms with Crippen LogP contribution in [0.3, 0.4) is 0 Å². The van der Waals surface area contributed by atoms with Crippen molar-refractivity contribution in [1.82, 2.24) is 10.2 Å². The van der Waals surface area contributed by atoms with Crippen LogP contribution in [0, 0.1) is 11.7 Å². The summed E-state index contributed by atoms with van der Waals surface area (Å²) in [7, 11) is 0. The first-order valence-corrected chi connectivity index (χ1v) is 10.1. The van der Waals surface area contributed by atoms with Gasteiger partial charge in [0, 0.05) is 27.1 Å². The summed E-state index contributed by atoms with van der Waals surface area (Å²) in [6.45, 7) is 10.0. The zero-order valence-electron chi connectivity index (χ0n) is 17.3. The van der Waals surface area contributed by atoms with Crippen molar-refractivity contribution in [3.63, 3.8) is 0 Å². The number of carbonyl (C=O) groups is 2. The van der Waals surface area contributed by atoms with Gasteiger partial charge in [0.1, 0.15) is 18.2 Å². The minimum absolute atomic E-state index is 0. The Morgan fingerprint density at radius 1 is 1.38 bits per heavy atom. The van der Waals surface area contributed by atoms with E-state index in [0.717, 1.165) is 18.4 Å². The Morgan fingerprint density at radius 2 is 2.17 bits per heavy atom. The smallest absolute Gasteiger partial charge is 0.245 e. The highest BCUT2D eigenvalue weighted by atomic mass is 19.1. The second-order valence-electron chi connectivity index (χ2n) is 7.42. The van der Waals surface area contributed by atoms with Gasteiger partial charge < -0.3 is 19.7 Å². The Morgan fingerprint density at radius 3 is 2.90 bits per heavy atom. The van der Waals surface area contributed by atoms with Crippen LogP contribution >= 0.6 is 0 Å². The monoisotopic (exact) mass is 408 g/mol. The number of hydrogen-bond donors (Lipinski definition) is 1. The van der Waals surface area contributed by atoms with Gasteiger partial charge in [-0.15, -0.1) is 0 Å². The summed E-state index contributed by atoms with van der Waals surface area (Å²) in [6, 6.07) is 4.56. The topological polar surface area (TPSA) is 67.9 Å². The third kappa shape index (κ3) is 7.16. The molecule has 1 atom stereocenters. The highest BCUT2D eigenvalue weighted by Gasteiger charge is 2.27. The van der Waals surface area contributed by atoms with E-state index in [0.29, 0.717) is 45.2 Å². The van der Waals surface area contributed by atoms with E-state index in [-0.39, 0.29) is 30.9 Å². The molecule has 0 saturated carbocycles. The molecule has 1 unspecified atom stereocenters. The predicted octanol–water partition coefficient (Wildman–Crippen LogP) is 3.13. The van der Waals surface area contributed by atoms with E-state index in [2.05, 4.69) is 11.9 Å². The molecule has 0 bridgehead atoms. The number of halogens is 1. The molecule has 29 heavy (non-hydrogen) atoms. The van der Waals surface area contributed by atoms with Crippen molar-refractivity contribution >= 4 is 11.8 Å². The molecule has 0 aromatic heterocycles. The number of nitrogens with zero attached hydrogens (tertiary/aromatic N) is 1. The van der Waals surface area contributed by atoms with Crippen molar-refractivity contribution < 1.29 is 24.9 Å². The van der Waals surface area contributed by atoms with Gasteiger partial charge in [-0.25, -0.2) is 4.39 Å². The maximum atomic E-state index is 13.4. The molecule has 1 aromatic rings. The quantitative estimate of drug-likeness (QED) is 0.477. The van der Waals surface area contributed by atoms with Gasteiger partial charge in [0.25, 0.3) is 0 Å². The van der Waals surface area contributed by atoms with Crippen LogP contribution in [0.1, 0.15) is 39.6 Å². The number of hydrogen-bond acceptors (Lipinski definition) is 4. The van der Waals surface area contributed by atoms with Gasteiger partial charge in [0.05, 0.1) is 19.1 Å². The fraction of sp³-hybridized carbons (Fsp3) is 0.545. The van der Waals surface area contributed by atoms with Crippen molar-refractivity contribution in [2.24, 2.45) is 5.92 Å². The van der Waals surface area contributed by atoms with Gasteiger partial charge in [0.15, 0.2) is 0 Å². The van der Waals surface area contributed by atoms with Crippen LogP contribution < -0.4 is 10.1 Å². The van der Waals surface area contributed by atoms with Crippen LogP contribution in [0.5, 0.6) is 5.75 Å². The van der Waals surface area contributed by atoms with E-state index in [1.807, 2.05) is 13.8 Å². The molecule has 1 aromatic carbocycles. The standard InChI is InChI=1S/C22H31FN2O4.H2/c1-4-21(26)25-10-5-6-17(15-25)22(27)24-9-11-28-12-13-29-20-14-18(23)7-8-19(20)16(2)3;/h4,7-8,14,16-17H,1,5-6,9-13,15H2,2-3H3,(H,24,27);1H. The van der Waals surface area contributed by atoms with Gasteiger partial charge in [-0.1, -0.05) is 26.5 Å². The molecule has 1 aliphatic heterocycles. The molecule has 0 radical (unpaired) electrons. The third-order valence-corrected chi connectivity index (χ3v) is 4.91. The third-order valence-electron chi connectivity index (χ3n) is 4.91. The van der Waals surface area contributed by atoms with E-state index in [1.54, 1.807) is 11.0 Å². The Labute approximate surface area is 173 Å². The maximum Gasteiger partial charge on any atom is 0.245 e. The molecule has 1 saturated heterocycles. The molecular weight excluding hydrogens is 375 g/mol. The molecule has 2 rings (SSSR count). The average Bonchev–Trinajstić information content (AvgIpc) is 2.72. The van der Waals surface area contributed by atoms with E-state index in [4.69, 9.17) is 9.47 Å². The fourth-order valence-corrected chi connectivity index (χ4v) is 3.33. The lowest BCUT2D eigenvalue weighted by Gasteiger charge is -2.31. The zero-order chi connectivity index (χ0) is 21.2. The molecular formula is C22H33FN2O4. The average molecular weight is 409 g/mol. The summed E-state index contributed by atoms with van der Waals surface area (Å²) < 4.78 is 24.6. The Hall–Kier alpha value is -2.41. The number of rotatable bonds is 10. The number of amides is 2. The Kier molecular flexibility index (Phi) is 9.12. The zero-order valence-corrected chi connectivity index (χ0v) is 17.3. The minimum atomic E-state index is -0.330. The van der Waals surface area contributed by atoms with Crippen LogP contribution in [0.25, 0.3) is 0 Å².